The van der Waals surface area contributed by atoms with Crippen molar-refractivity contribution in [2.24, 2.45) is 0 Å². The van der Waals surface area contributed by atoms with Crippen molar-refractivity contribution >= 4 is 16.0 Å². The first-order valence-electron chi connectivity index (χ1n) is 8.55. The van der Waals surface area contributed by atoms with Gasteiger partial charge in [0, 0.05) is 32.7 Å². The molecule has 0 spiro atoms. The Balaban J connectivity index is 1.58. The summed E-state index contributed by atoms with van der Waals surface area (Å²) in [5.41, 5.74) is 1.54. The molecule has 8 heteroatoms. The smallest absolute Gasteiger partial charge is 0.337 e. The SMILES string of the molecule is COC(=O)c1ccc(CN2CCN(S(=O)(=O)c3ccc(F)cc3)CC2)cc1. The summed E-state index contributed by atoms with van der Waals surface area (Å²) < 4.78 is 44.4. The van der Waals surface area contributed by atoms with Crippen molar-refractivity contribution in [2.45, 2.75) is 11.4 Å². The van der Waals surface area contributed by atoms with E-state index in [-0.39, 0.29) is 10.9 Å². The Labute approximate surface area is 158 Å². The van der Waals surface area contributed by atoms with E-state index in [4.69, 9.17) is 0 Å². The molecule has 0 unspecified atom stereocenters. The first-order chi connectivity index (χ1) is 12.9. The molecule has 0 aliphatic carbocycles. The van der Waals surface area contributed by atoms with Crippen molar-refractivity contribution in [3.63, 3.8) is 0 Å². The highest BCUT2D eigenvalue weighted by Gasteiger charge is 2.28. The second kappa shape index (κ2) is 8.16. The number of hydrogen-bond donors (Lipinski definition) is 0. The van der Waals surface area contributed by atoms with Gasteiger partial charge in [-0.05, 0) is 42.0 Å². The molecule has 144 valence electrons. The summed E-state index contributed by atoms with van der Waals surface area (Å²) in [7, 11) is -2.26. The second-order valence-corrected chi connectivity index (χ2v) is 8.26. The summed E-state index contributed by atoms with van der Waals surface area (Å²) in [6.45, 7) is 2.62. The molecule has 6 nitrogen and oxygen atoms in total. The molecule has 3 rings (SSSR count). The fourth-order valence-corrected chi connectivity index (χ4v) is 4.43. The van der Waals surface area contributed by atoms with Crippen LogP contribution in [0.25, 0.3) is 0 Å². The number of sulfonamides is 1. The van der Waals surface area contributed by atoms with Crippen LogP contribution >= 0.6 is 0 Å². The lowest BCUT2D eigenvalue weighted by atomic mass is 10.1. The van der Waals surface area contributed by atoms with E-state index in [0.717, 1.165) is 17.7 Å². The van der Waals surface area contributed by atoms with Gasteiger partial charge in [0.25, 0.3) is 0 Å². The number of methoxy groups -OCH3 is 1. The van der Waals surface area contributed by atoms with Crippen LogP contribution in [0.2, 0.25) is 0 Å². The predicted octanol–water partition coefficient (Wildman–Crippen LogP) is 2.12. The van der Waals surface area contributed by atoms with Gasteiger partial charge in [-0.3, -0.25) is 4.90 Å². The third kappa shape index (κ3) is 4.52. The number of esters is 1. The van der Waals surface area contributed by atoms with Gasteiger partial charge >= 0.3 is 5.97 Å². The normalized spacial score (nSPS) is 16.2. The molecule has 0 bridgehead atoms. The van der Waals surface area contributed by atoms with E-state index < -0.39 is 15.8 Å². The Kier molecular flexibility index (Phi) is 5.88. The molecule has 2 aromatic rings. The van der Waals surface area contributed by atoms with Crippen LogP contribution in [-0.2, 0) is 21.3 Å². The van der Waals surface area contributed by atoms with Crippen LogP contribution in [0.5, 0.6) is 0 Å². The van der Waals surface area contributed by atoms with E-state index in [1.54, 1.807) is 12.1 Å². The summed E-state index contributed by atoms with van der Waals surface area (Å²) in [6.07, 6.45) is 0. The Morgan fingerprint density at radius 1 is 1.00 bits per heavy atom. The summed E-state index contributed by atoms with van der Waals surface area (Å²) in [4.78, 5) is 13.7. The number of hydrogen-bond acceptors (Lipinski definition) is 5. The molecule has 1 fully saturated rings. The molecule has 1 saturated heterocycles. The average molecular weight is 392 g/mol. The molecule has 1 aliphatic rings. The van der Waals surface area contributed by atoms with Crippen LogP contribution in [-0.4, -0.2) is 56.9 Å². The third-order valence-corrected chi connectivity index (χ3v) is 6.48. The average Bonchev–Trinajstić information content (AvgIpc) is 2.69. The zero-order valence-electron chi connectivity index (χ0n) is 15.0. The van der Waals surface area contributed by atoms with Crippen LogP contribution in [0, 0.1) is 5.82 Å². The number of ether oxygens (including phenoxy) is 1. The number of piperazine rings is 1. The van der Waals surface area contributed by atoms with Gasteiger partial charge in [0.2, 0.25) is 10.0 Å². The molecule has 1 heterocycles. The molecular weight excluding hydrogens is 371 g/mol. The molecule has 0 saturated carbocycles. The van der Waals surface area contributed by atoms with E-state index in [1.165, 1.54) is 23.5 Å². The minimum Gasteiger partial charge on any atom is -0.465 e. The van der Waals surface area contributed by atoms with Crippen LogP contribution in [0.15, 0.2) is 53.4 Å². The topological polar surface area (TPSA) is 66.9 Å². The molecule has 0 atom stereocenters. The quantitative estimate of drug-likeness (QED) is 0.730. The minimum absolute atomic E-state index is 0.107. The van der Waals surface area contributed by atoms with Crippen LogP contribution < -0.4 is 0 Å². The maximum Gasteiger partial charge on any atom is 0.337 e. The lowest BCUT2D eigenvalue weighted by Gasteiger charge is -2.34. The number of rotatable bonds is 5. The van der Waals surface area contributed by atoms with Gasteiger partial charge in [-0.25, -0.2) is 17.6 Å². The summed E-state index contributed by atoms with van der Waals surface area (Å²) in [5.74, 6) is -0.835. The second-order valence-electron chi connectivity index (χ2n) is 6.32. The summed E-state index contributed by atoms with van der Waals surface area (Å²) >= 11 is 0. The minimum atomic E-state index is -3.60. The fraction of sp³-hybridized carbons (Fsp3) is 0.316. The van der Waals surface area contributed by atoms with Crippen molar-refractivity contribution in [3.8, 4) is 0 Å². The van der Waals surface area contributed by atoms with Crippen LogP contribution in [0.1, 0.15) is 15.9 Å². The van der Waals surface area contributed by atoms with Crippen LogP contribution in [0.4, 0.5) is 4.39 Å². The largest absolute Gasteiger partial charge is 0.465 e. The maximum absolute atomic E-state index is 13.0. The zero-order chi connectivity index (χ0) is 19.4. The van der Waals surface area contributed by atoms with Gasteiger partial charge in [-0.1, -0.05) is 12.1 Å². The van der Waals surface area contributed by atoms with Crippen molar-refractivity contribution in [1.29, 1.82) is 0 Å². The standard InChI is InChI=1S/C19H21FN2O4S/c1-26-19(23)16-4-2-15(3-5-16)14-21-10-12-22(13-11-21)27(24,25)18-8-6-17(20)7-9-18/h2-9H,10-14H2,1H3. The molecule has 0 amide bonds. The summed E-state index contributed by atoms with van der Waals surface area (Å²) in [6, 6.07) is 12.1. The van der Waals surface area contributed by atoms with Crippen molar-refractivity contribution in [3.05, 3.63) is 65.5 Å². The number of nitrogens with zero attached hydrogens (tertiary/aromatic N) is 2. The molecule has 0 radical (unpaired) electrons. The fourth-order valence-electron chi connectivity index (χ4n) is 3.01. The monoisotopic (exact) mass is 392 g/mol. The van der Waals surface area contributed by atoms with E-state index in [0.29, 0.717) is 38.3 Å². The Hall–Kier alpha value is -2.29. The highest BCUT2D eigenvalue weighted by molar-refractivity contribution is 7.89. The number of halogens is 1. The molecule has 0 N–H and O–H groups in total. The maximum atomic E-state index is 13.0. The lowest BCUT2D eigenvalue weighted by Crippen LogP contribution is -2.48. The first kappa shape index (κ1) is 19.5. The van der Waals surface area contributed by atoms with Gasteiger partial charge in [0.15, 0.2) is 0 Å². The third-order valence-electron chi connectivity index (χ3n) is 4.56. The van der Waals surface area contributed by atoms with Crippen molar-refractivity contribution in [2.75, 3.05) is 33.3 Å². The molecular formula is C19H21FN2O4S. The van der Waals surface area contributed by atoms with E-state index >= 15 is 0 Å². The Morgan fingerprint density at radius 2 is 1.59 bits per heavy atom. The molecule has 27 heavy (non-hydrogen) atoms. The number of carbonyl (C=O) groups excluding carboxylic acids is 1. The molecule has 0 aromatic heterocycles. The highest BCUT2D eigenvalue weighted by atomic mass is 32.2. The van der Waals surface area contributed by atoms with Gasteiger partial charge in [-0.15, -0.1) is 0 Å². The molecule has 1 aliphatic heterocycles. The lowest BCUT2D eigenvalue weighted by molar-refractivity contribution is 0.0600. The predicted molar refractivity (Wildman–Crippen MR) is 98.2 cm³/mol. The van der Waals surface area contributed by atoms with Crippen molar-refractivity contribution < 1.29 is 22.3 Å². The van der Waals surface area contributed by atoms with Crippen molar-refractivity contribution in [1.82, 2.24) is 9.21 Å². The first-order valence-corrected chi connectivity index (χ1v) is 9.99. The highest BCUT2D eigenvalue weighted by Crippen LogP contribution is 2.19. The Bertz CT molecular complexity index is 890. The molecule has 2 aromatic carbocycles. The van der Waals surface area contributed by atoms with Gasteiger partial charge in [0.1, 0.15) is 5.82 Å². The van der Waals surface area contributed by atoms with E-state index in [2.05, 4.69) is 9.64 Å². The Morgan fingerprint density at radius 3 is 2.15 bits per heavy atom. The van der Waals surface area contributed by atoms with Gasteiger partial charge < -0.3 is 4.74 Å². The van der Waals surface area contributed by atoms with Crippen LogP contribution in [0.3, 0.4) is 0 Å². The zero-order valence-corrected chi connectivity index (χ0v) is 15.8. The van der Waals surface area contributed by atoms with E-state index in [9.17, 15) is 17.6 Å². The summed E-state index contributed by atoms with van der Waals surface area (Å²) in [5, 5.41) is 0. The van der Waals surface area contributed by atoms with Gasteiger partial charge in [-0.2, -0.15) is 4.31 Å². The van der Waals surface area contributed by atoms with Gasteiger partial charge in [0.05, 0.1) is 17.6 Å². The number of benzene rings is 2. The number of carbonyl (C=O) groups is 1. The van der Waals surface area contributed by atoms with E-state index in [1.807, 2.05) is 12.1 Å².